The third kappa shape index (κ3) is 1.39. The molecular formula is C13H18N2O. The van der Waals surface area contributed by atoms with Crippen molar-refractivity contribution in [3.05, 3.63) is 35.9 Å². The first-order valence-corrected chi connectivity index (χ1v) is 5.51. The summed E-state index contributed by atoms with van der Waals surface area (Å²) in [5.74, 6) is 0. The number of hydrogen-bond acceptors (Lipinski definition) is 3. The third-order valence-electron chi connectivity index (χ3n) is 3.53. The minimum atomic E-state index is -0.672. The third-order valence-corrected chi connectivity index (χ3v) is 3.53. The minimum Gasteiger partial charge on any atom is -0.310 e. The van der Waals surface area contributed by atoms with Crippen molar-refractivity contribution < 1.29 is 5.21 Å². The lowest BCUT2D eigenvalue weighted by molar-refractivity contribution is -0.198. The first kappa shape index (κ1) is 11.3. The lowest BCUT2D eigenvalue weighted by Crippen LogP contribution is -2.49. The zero-order chi connectivity index (χ0) is 12.0. The zero-order valence-electron chi connectivity index (χ0n) is 10.2. The molecule has 0 aliphatic carbocycles. The molecule has 1 atom stereocenters. The smallest absolute Gasteiger partial charge is 0.158 e. The Hall–Kier alpha value is -1.19. The molecule has 1 unspecified atom stereocenters. The van der Waals surface area contributed by atoms with Crippen molar-refractivity contribution >= 4 is 5.71 Å². The van der Waals surface area contributed by atoms with Gasteiger partial charge >= 0.3 is 0 Å². The summed E-state index contributed by atoms with van der Waals surface area (Å²) in [4.78, 5) is 4.62. The van der Waals surface area contributed by atoms with Gasteiger partial charge in [-0.05, 0) is 33.3 Å². The number of hydroxylamine groups is 2. The van der Waals surface area contributed by atoms with E-state index in [4.69, 9.17) is 0 Å². The molecule has 0 aromatic heterocycles. The van der Waals surface area contributed by atoms with Gasteiger partial charge in [0.1, 0.15) is 0 Å². The van der Waals surface area contributed by atoms with Crippen LogP contribution in [-0.4, -0.2) is 21.5 Å². The average molecular weight is 218 g/mol. The van der Waals surface area contributed by atoms with E-state index in [1.54, 1.807) is 0 Å². The van der Waals surface area contributed by atoms with Crippen LogP contribution in [0, 0.1) is 0 Å². The highest BCUT2D eigenvalue weighted by Crippen LogP contribution is 2.40. The van der Waals surface area contributed by atoms with Gasteiger partial charge in [0.25, 0.3) is 0 Å². The van der Waals surface area contributed by atoms with Crippen LogP contribution < -0.4 is 0 Å². The van der Waals surface area contributed by atoms with Gasteiger partial charge in [0.2, 0.25) is 0 Å². The van der Waals surface area contributed by atoms with Crippen molar-refractivity contribution in [1.29, 1.82) is 0 Å². The predicted molar refractivity (Wildman–Crippen MR) is 64.6 cm³/mol. The zero-order valence-corrected chi connectivity index (χ0v) is 10.2. The lowest BCUT2D eigenvalue weighted by Gasteiger charge is -2.36. The monoisotopic (exact) mass is 218 g/mol. The van der Waals surface area contributed by atoms with E-state index >= 15 is 0 Å². The second-order valence-electron chi connectivity index (χ2n) is 4.95. The molecule has 2 rings (SSSR count). The number of aliphatic imine (C=N–C) groups is 1. The molecule has 1 aliphatic heterocycles. The summed E-state index contributed by atoms with van der Waals surface area (Å²) in [6, 6.07) is 9.86. The Morgan fingerprint density at radius 2 is 1.69 bits per heavy atom. The van der Waals surface area contributed by atoms with E-state index in [2.05, 4.69) is 4.99 Å². The van der Waals surface area contributed by atoms with Gasteiger partial charge in [-0.1, -0.05) is 30.3 Å². The first-order chi connectivity index (χ1) is 7.39. The van der Waals surface area contributed by atoms with Crippen LogP contribution in [0.1, 0.15) is 33.3 Å². The largest absolute Gasteiger partial charge is 0.310 e. The van der Waals surface area contributed by atoms with Crippen LogP contribution in [0.4, 0.5) is 0 Å². The molecule has 3 heteroatoms. The topological polar surface area (TPSA) is 35.8 Å². The Balaban J connectivity index is 2.50. The maximum absolute atomic E-state index is 10.3. The fourth-order valence-electron chi connectivity index (χ4n) is 2.15. The molecule has 1 heterocycles. The van der Waals surface area contributed by atoms with Gasteiger partial charge in [0.15, 0.2) is 5.66 Å². The second kappa shape index (κ2) is 3.40. The van der Waals surface area contributed by atoms with Crippen LogP contribution in [0.3, 0.4) is 0 Å². The molecule has 1 aromatic carbocycles. The van der Waals surface area contributed by atoms with E-state index in [0.29, 0.717) is 0 Å². The summed E-state index contributed by atoms with van der Waals surface area (Å²) >= 11 is 0. The van der Waals surface area contributed by atoms with E-state index < -0.39 is 11.2 Å². The molecule has 1 aliphatic rings. The Bertz CT molecular complexity index is 425. The van der Waals surface area contributed by atoms with Crippen LogP contribution in [0.2, 0.25) is 0 Å². The molecule has 16 heavy (non-hydrogen) atoms. The van der Waals surface area contributed by atoms with Crippen molar-refractivity contribution in [2.75, 3.05) is 0 Å². The molecule has 3 nitrogen and oxygen atoms in total. The highest BCUT2D eigenvalue weighted by molar-refractivity contribution is 5.92. The van der Waals surface area contributed by atoms with E-state index in [-0.39, 0.29) is 0 Å². The maximum Gasteiger partial charge on any atom is 0.158 e. The van der Waals surface area contributed by atoms with Crippen molar-refractivity contribution in [1.82, 2.24) is 5.06 Å². The number of nitrogens with zero attached hydrogens (tertiary/aromatic N) is 2. The Kier molecular flexibility index (Phi) is 2.40. The van der Waals surface area contributed by atoms with Crippen LogP contribution in [0.15, 0.2) is 35.3 Å². The van der Waals surface area contributed by atoms with E-state index in [9.17, 15) is 5.21 Å². The highest BCUT2D eigenvalue weighted by Gasteiger charge is 2.48. The summed E-state index contributed by atoms with van der Waals surface area (Å²) in [5, 5.41) is 11.7. The Labute approximate surface area is 96.4 Å². The standard InChI is InChI=1S/C13H18N2O/c1-10-12(2,3)15(16)13(4,14-10)11-8-6-5-7-9-11/h5-9,16H,1-4H3. The van der Waals surface area contributed by atoms with Gasteiger partial charge in [-0.3, -0.25) is 4.99 Å². The number of hydrogen-bond donors (Lipinski definition) is 1. The molecule has 0 bridgehead atoms. The highest BCUT2D eigenvalue weighted by atomic mass is 16.5. The summed E-state index contributed by atoms with van der Waals surface area (Å²) in [6.07, 6.45) is 0. The normalized spacial score (nSPS) is 29.2. The molecule has 1 N–H and O–H groups in total. The van der Waals surface area contributed by atoms with Crippen LogP contribution >= 0.6 is 0 Å². The quantitative estimate of drug-likeness (QED) is 0.786. The van der Waals surface area contributed by atoms with E-state index in [1.807, 2.05) is 58.0 Å². The molecule has 0 spiro atoms. The minimum absolute atomic E-state index is 0.412. The molecule has 86 valence electrons. The summed E-state index contributed by atoms with van der Waals surface area (Å²) < 4.78 is 0. The summed E-state index contributed by atoms with van der Waals surface area (Å²) in [5.41, 5.74) is 0.864. The van der Waals surface area contributed by atoms with E-state index in [1.165, 1.54) is 5.06 Å². The summed E-state index contributed by atoms with van der Waals surface area (Å²) in [7, 11) is 0. The van der Waals surface area contributed by atoms with E-state index in [0.717, 1.165) is 11.3 Å². The molecule has 0 saturated heterocycles. The Morgan fingerprint density at radius 3 is 2.12 bits per heavy atom. The number of benzene rings is 1. The molecule has 0 fully saturated rings. The van der Waals surface area contributed by atoms with Crippen molar-refractivity contribution in [2.24, 2.45) is 4.99 Å². The van der Waals surface area contributed by atoms with Crippen LogP contribution in [-0.2, 0) is 5.66 Å². The van der Waals surface area contributed by atoms with Gasteiger partial charge in [-0.2, -0.15) is 0 Å². The van der Waals surface area contributed by atoms with Gasteiger partial charge in [0.05, 0.1) is 5.54 Å². The average Bonchev–Trinajstić information content (AvgIpc) is 2.42. The second-order valence-corrected chi connectivity index (χ2v) is 4.95. The molecule has 1 aromatic rings. The Morgan fingerprint density at radius 1 is 1.12 bits per heavy atom. The van der Waals surface area contributed by atoms with Crippen molar-refractivity contribution in [3.63, 3.8) is 0 Å². The van der Waals surface area contributed by atoms with Crippen molar-refractivity contribution in [2.45, 2.75) is 38.9 Å². The van der Waals surface area contributed by atoms with Gasteiger partial charge < -0.3 is 5.21 Å². The van der Waals surface area contributed by atoms with Gasteiger partial charge in [-0.15, -0.1) is 5.06 Å². The summed E-state index contributed by atoms with van der Waals surface area (Å²) in [6.45, 7) is 7.83. The fraction of sp³-hybridized carbons (Fsp3) is 0.462. The molecule has 0 amide bonds. The first-order valence-electron chi connectivity index (χ1n) is 5.51. The number of rotatable bonds is 1. The fourth-order valence-corrected chi connectivity index (χ4v) is 2.15. The van der Waals surface area contributed by atoms with Gasteiger partial charge in [-0.25, -0.2) is 0 Å². The van der Waals surface area contributed by atoms with Crippen LogP contribution in [0.25, 0.3) is 0 Å². The van der Waals surface area contributed by atoms with Crippen LogP contribution in [0.5, 0.6) is 0 Å². The molecule has 0 saturated carbocycles. The molecular weight excluding hydrogens is 200 g/mol. The molecule has 0 radical (unpaired) electrons. The maximum atomic E-state index is 10.3. The SMILES string of the molecule is CC1=NC(C)(c2ccccc2)N(O)C1(C)C. The van der Waals surface area contributed by atoms with Gasteiger partial charge in [0, 0.05) is 5.71 Å². The van der Waals surface area contributed by atoms with Crippen molar-refractivity contribution in [3.8, 4) is 0 Å². The predicted octanol–water partition coefficient (Wildman–Crippen LogP) is 2.80. The lowest BCUT2D eigenvalue weighted by atomic mass is 9.97.